The molecule has 5 heteroatoms. The van der Waals surface area contributed by atoms with Gasteiger partial charge in [0, 0.05) is 5.92 Å². The number of hydrogen-bond acceptors (Lipinski definition) is 4. The zero-order valence-corrected chi connectivity index (χ0v) is 12.7. The Labute approximate surface area is 122 Å². The molecule has 20 heavy (non-hydrogen) atoms. The highest BCUT2D eigenvalue weighted by Gasteiger charge is 2.19. The van der Waals surface area contributed by atoms with Crippen molar-refractivity contribution in [3.8, 4) is 5.75 Å². The Bertz CT molecular complexity index is 649. The Hall–Kier alpha value is -1.88. The highest BCUT2D eigenvalue weighted by molar-refractivity contribution is 7.13. The van der Waals surface area contributed by atoms with Gasteiger partial charge >= 0.3 is 5.97 Å². The minimum atomic E-state index is -0.913. The number of methoxy groups -OCH3 is 1. The van der Waals surface area contributed by atoms with E-state index in [0.29, 0.717) is 10.6 Å². The molecule has 0 amide bonds. The molecule has 0 saturated carbocycles. The third kappa shape index (κ3) is 2.67. The molecule has 0 radical (unpaired) electrons. The molecule has 1 atom stereocenters. The average Bonchev–Trinajstić information content (AvgIpc) is 2.80. The average molecular weight is 291 g/mol. The van der Waals surface area contributed by atoms with E-state index in [1.807, 2.05) is 26.0 Å². The van der Waals surface area contributed by atoms with Crippen LogP contribution < -0.4 is 4.74 Å². The van der Waals surface area contributed by atoms with Gasteiger partial charge in [0.15, 0.2) is 0 Å². The largest absolute Gasteiger partial charge is 0.496 e. The predicted molar refractivity (Wildman–Crippen MR) is 79.1 cm³/mol. The number of benzene rings is 1. The molecular weight excluding hydrogens is 274 g/mol. The van der Waals surface area contributed by atoms with Crippen LogP contribution in [0.5, 0.6) is 5.75 Å². The summed E-state index contributed by atoms with van der Waals surface area (Å²) in [4.78, 5) is 15.8. The van der Waals surface area contributed by atoms with E-state index in [4.69, 9.17) is 9.84 Å². The van der Waals surface area contributed by atoms with Crippen molar-refractivity contribution in [3.63, 3.8) is 0 Å². The minimum Gasteiger partial charge on any atom is -0.496 e. The summed E-state index contributed by atoms with van der Waals surface area (Å²) in [6, 6.07) is 5.98. The Kier molecular flexibility index (Phi) is 4.09. The van der Waals surface area contributed by atoms with Gasteiger partial charge in [-0.15, -0.1) is 11.3 Å². The van der Waals surface area contributed by atoms with Gasteiger partial charge in [0.2, 0.25) is 0 Å². The molecule has 106 valence electrons. The molecule has 1 aromatic carbocycles. The van der Waals surface area contributed by atoms with Crippen molar-refractivity contribution in [2.75, 3.05) is 7.11 Å². The van der Waals surface area contributed by atoms with Gasteiger partial charge in [-0.05, 0) is 31.0 Å². The van der Waals surface area contributed by atoms with Gasteiger partial charge < -0.3 is 9.84 Å². The van der Waals surface area contributed by atoms with Crippen molar-refractivity contribution in [1.29, 1.82) is 0 Å². The van der Waals surface area contributed by atoms with Crippen LogP contribution in [-0.2, 0) is 0 Å². The Morgan fingerprint density at radius 3 is 2.60 bits per heavy atom. The van der Waals surface area contributed by atoms with Crippen LogP contribution in [0.15, 0.2) is 18.2 Å². The van der Waals surface area contributed by atoms with E-state index in [0.717, 1.165) is 21.9 Å². The fourth-order valence-electron chi connectivity index (χ4n) is 2.11. The second kappa shape index (κ2) is 5.63. The van der Waals surface area contributed by atoms with Gasteiger partial charge in [-0.1, -0.05) is 19.1 Å². The smallest absolute Gasteiger partial charge is 0.347 e. The fourth-order valence-corrected chi connectivity index (χ4v) is 3.10. The number of hydrogen-bond donors (Lipinski definition) is 1. The fraction of sp³-hybridized carbons (Fsp3) is 0.333. The number of carbonyl (C=O) groups is 1. The Morgan fingerprint density at radius 1 is 1.40 bits per heavy atom. The first-order valence-corrected chi connectivity index (χ1v) is 7.10. The van der Waals surface area contributed by atoms with Crippen LogP contribution in [0, 0.1) is 13.8 Å². The molecule has 1 aromatic heterocycles. The molecule has 0 bridgehead atoms. The number of aromatic carboxylic acids is 1. The van der Waals surface area contributed by atoms with Gasteiger partial charge in [-0.25, -0.2) is 9.78 Å². The molecule has 1 heterocycles. The van der Waals surface area contributed by atoms with E-state index in [2.05, 4.69) is 11.1 Å². The van der Waals surface area contributed by atoms with Crippen LogP contribution in [0.3, 0.4) is 0 Å². The van der Waals surface area contributed by atoms with Crippen LogP contribution in [-0.4, -0.2) is 23.2 Å². The maximum Gasteiger partial charge on any atom is 0.347 e. The maximum atomic E-state index is 11.1. The van der Waals surface area contributed by atoms with Crippen molar-refractivity contribution >= 4 is 17.3 Å². The molecule has 0 fully saturated rings. The van der Waals surface area contributed by atoms with Crippen LogP contribution in [0.25, 0.3) is 0 Å². The molecule has 2 rings (SSSR count). The van der Waals surface area contributed by atoms with Gasteiger partial charge in [0.25, 0.3) is 0 Å². The zero-order chi connectivity index (χ0) is 14.9. The first kappa shape index (κ1) is 14.5. The van der Waals surface area contributed by atoms with E-state index >= 15 is 0 Å². The lowest BCUT2D eigenvalue weighted by molar-refractivity contribution is 0.0701. The van der Waals surface area contributed by atoms with E-state index < -0.39 is 5.97 Å². The molecule has 0 saturated heterocycles. The topological polar surface area (TPSA) is 59.4 Å². The van der Waals surface area contributed by atoms with Crippen molar-refractivity contribution in [2.45, 2.75) is 26.7 Å². The molecular formula is C15H17NO3S. The summed E-state index contributed by atoms with van der Waals surface area (Å²) in [6.45, 7) is 5.76. The van der Waals surface area contributed by atoms with Crippen LogP contribution in [0.1, 0.15) is 44.3 Å². The molecule has 0 aliphatic rings. The minimum absolute atomic E-state index is 0.0661. The quantitative estimate of drug-likeness (QED) is 0.934. The molecule has 1 unspecified atom stereocenters. The van der Waals surface area contributed by atoms with Crippen LogP contribution in [0.4, 0.5) is 0 Å². The summed E-state index contributed by atoms with van der Waals surface area (Å²) in [5.41, 5.74) is 2.74. The second-order valence-electron chi connectivity index (χ2n) is 4.72. The third-order valence-corrected chi connectivity index (χ3v) is 4.62. The number of thiazole rings is 1. The van der Waals surface area contributed by atoms with Crippen molar-refractivity contribution < 1.29 is 14.6 Å². The highest BCUT2D eigenvalue weighted by atomic mass is 32.1. The Morgan fingerprint density at radius 2 is 2.10 bits per heavy atom. The number of carboxylic acid groups (broad SMARTS) is 1. The SMILES string of the molecule is COc1ccc(C(C)c2nc(C)c(C(=O)O)s2)cc1C. The predicted octanol–water partition coefficient (Wildman–Crippen LogP) is 3.62. The van der Waals surface area contributed by atoms with E-state index in [-0.39, 0.29) is 5.92 Å². The molecule has 1 N–H and O–H groups in total. The summed E-state index contributed by atoms with van der Waals surface area (Å²) in [6.07, 6.45) is 0. The van der Waals surface area contributed by atoms with Gasteiger partial charge in [0.05, 0.1) is 12.8 Å². The molecule has 0 aliphatic carbocycles. The highest BCUT2D eigenvalue weighted by Crippen LogP contribution is 2.32. The number of aryl methyl sites for hydroxylation is 2. The second-order valence-corrected chi connectivity index (χ2v) is 5.75. The first-order valence-electron chi connectivity index (χ1n) is 6.29. The Balaban J connectivity index is 2.36. The summed E-state index contributed by atoms with van der Waals surface area (Å²) in [5, 5.41) is 9.92. The van der Waals surface area contributed by atoms with Crippen molar-refractivity contribution in [1.82, 2.24) is 4.98 Å². The van der Waals surface area contributed by atoms with Crippen LogP contribution in [0.2, 0.25) is 0 Å². The standard InChI is InChI=1S/C15H17NO3S/c1-8-7-11(5-6-12(8)19-4)9(2)14-16-10(3)13(20-14)15(17)18/h5-7,9H,1-4H3,(H,17,18). The summed E-state index contributed by atoms with van der Waals surface area (Å²) >= 11 is 1.24. The first-order chi connectivity index (χ1) is 9.43. The zero-order valence-electron chi connectivity index (χ0n) is 11.9. The lowest BCUT2D eigenvalue weighted by Gasteiger charge is -2.11. The molecule has 2 aromatic rings. The maximum absolute atomic E-state index is 11.1. The van der Waals surface area contributed by atoms with Crippen LogP contribution >= 0.6 is 11.3 Å². The monoisotopic (exact) mass is 291 g/mol. The molecule has 4 nitrogen and oxygen atoms in total. The number of ether oxygens (including phenoxy) is 1. The number of nitrogens with zero attached hydrogens (tertiary/aromatic N) is 1. The van der Waals surface area contributed by atoms with E-state index in [9.17, 15) is 4.79 Å². The summed E-state index contributed by atoms with van der Waals surface area (Å²) in [7, 11) is 1.65. The van der Waals surface area contributed by atoms with Crippen molar-refractivity contribution in [2.24, 2.45) is 0 Å². The lowest BCUT2D eigenvalue weighted by Crippen LogP contribution is -1.97. The molecule has 0 aliphatic heterocycles. The van der Waals surface area contributed by atoms with Crippen molar-refractivity contribution in [3.05, 3.63) is 44.9 Å². The van der Waals surface area contributed by atoms with E-state index in [1.165, 1.54) is 11.3 Å². The van der Waals surface area contributed by atoms with Gasteiger partial charge in [-0.3, -0.25) is 0 Å². The molecule has 0 spiro atoms. The van der Waals surface area contributed by atoms with E-state index in [1.54, 1.807) is 14.0 Å². The summed E-state index contributed by atoms with van der Waals surface area (Å²) in [5.74, 6) is 0.00302. The number of aromatic nitrogens is 1. The third-order valence-electron chi connectivity index (χ3n) is 3.30. The van der Waals surface area contributed by atoms with Gasteiger partial charge in [0.1, 0.15) is 15.6 Å². The number of rotatable bonds is 4. The normalized spacial score (nSPS) is 12.2. The number of carboxylic acids is 1. The summed E-state index contributed by atoms with van der Waals surface area (Å²) < 4.78 is 5.25. The van der Waals surface area contributed by atoms with Gasteiger partial charge in [-0.2, -0.15) is 0 Å². The lowest BCUT2D eigenvalue weighted by atomic mass is 9.99.